The standard InChI is InChI=1S/C9H11N3O3/c1-10-11-9(15)7-3-6(5-13)4-8(14)12(7)2/h3-5,10H,1-2H3,(H,11,15). The fourth-order valence-corrected chi connectivity index (χ4v) is 1.12. The number of hydrogen-bond donors (Lipinski definition) is 2. The Balaban J connectivity index is 3.27. The van der Waals surface area contributed by atoms with E-state index < -0.39 is 11.5 Å². The van der Waals surface area contributed by atoms with Gasteiger partial charge in [0.15, 0.2) is 0 Å². The maximum Gasteiger partial charge on any atom is 0.282 e. The van der Waals surface area contributed by atoms with Crippen LogP contribution >= 0.6 is 0 Å². The molecule has 0 unspecified atom stereocenters. The lowest BCUT2D eigenvalue weighted by Gasteiger charge is -2.08. The molecule has 15 heavy (non-hydrogen) atoms. The van der Waals surface area contributed by atoms with Crippen LogP contribution in [0.15, 0.2) is 16.9 Å². The third-order valence-electron chi connectivity index (χ3n) is 1.89. The molecular weight excluding hydrogens is 198 g/mol. The molecular formula is C9H11N3O3. The SMILES string of the molecule is CNNC(=O)c1cc(C=O)cc(=O)n1C. The summed E-state index contributed by atoms with van der Waals surface area (Å²) in [5.74, 6) is -0.471. The molecule has 0 aliphatic heterocycles. The molecule has 0 fully saturated rings. The quantitative estimate of drug-likeness (QED) is 0.497. The van der Waals surface area contributed by atoms with E-state index in [4.69, 9.17) is 0 Å². The Labute approximate surface area is 85.9 Å². The van der Waals surface area contributed by atoms with Gasteiger partial charge in [0.05, 0.1) is 0 Å². The summed E-state index contributed by atoms with van der Waals surface area (Å²) < 4.78 is 1.17. The molecule has 0 radical (unpaired) electrons. The van der Waals surface area contributed by atoms with Gasteiger partial charge in [-0.05, 0) is 6.07 Å². The molecule has 1 aromatic heterocycles. The first kappa shape index (κ1) is 11.1. The van der Waals surface area contributed by atoms with Gasteiger partial charge in [-0.15, -0.1) is 0 Å². The maximum absolute atomic E-state index is 11.4. The average Bonchev–Trinajstić information content (AvgIpc) is 2.22. The summed E-state index contributed by atoms with van der Waals surface area (Å²) >= 11 is 0. The Morgan fingerprint density at radius 2 is 2.13 bits per heavy atom. The first-order chi connectivity index (χ1) is 7.10. The molecule has 0 atom stereocenters. The predicted molar refractivity (Wildman–Crippen MR) is 53.6 cm³/mol. The van der Waals surface area contributed by atoms with Crippen LogP contribution in [0.4, 0.5) is 0 Å². The number of amides is 1. The van der Waals surface area contributed by atoms with E-state index >= 15 is 0 Å². The van der Waals surface area contributed by atoms with E-state index in [0.717, 1.165) is 0 Å². The zero-order valence-corrected chi connectivity index (χ0v) is 8.40. The summed E-state index contributed by atoms with van der Waals surface area (Å²) in [7, 11) is 2.99. The second kappa shape index (κ2) is 4.52. The van der Waals surface area contributed by atoms with Crippen molar-refractivity contribution in [1.82, 2.24) is 15.4 Å². The molecule has 0 spiro atoms. The monoisotopic (exact) mass is 209 g/mol. The van der Waals surface area contributed by atoms with Crippen LogP contribution in [0, 0.1) is 0 Å². The maximum atomic E-state index is 11.4. The first-order valence-electron chi connectivity index (χ1n) is 4.23. The van der Waals surface area contributed by atoms with Gasteiger partial charge in [-0.1, -0.05) is 0 Å². The van der Waals surface area contributed by atoms with E-state index in [-0.39, 0.29) is 11.3 Å². The molecule has 0 saturated heterocycles. The van der Waals surface area contributed by atoms with Crippen LogP contribution < -0.4 is 16.4 Å². The van der Waals surface area contributed by atoms with E-state index in [1.165, 1.54) is 30.8 Å². The number of nitrogens with zero attached hydrogens (tertiary/aromatic N) is 1. The van der Waals surface area contributed by atoms with Crippen molar-refractivity contribution >= 4 is 12.2 Å². The highest BCUT2D eigenvalue weighted by Crippen LogP contribution is 1.98. The summed E-state index contributed by atoms with van der Waals surface area (Å²) in [6.45, 7) is 0. The number of nitrogens with one attached hydrogen (secondary N) is 2. The van der Waals surface area contributed by atoms with Gasteiger partial charge in [0.2, 0.25) is 0 Å². The third kappa shape index (κ3) is 2.29. The van der Waals surface area contributed by atoms with Crippen LogP contribution in [0.5, 0.6) is 0 Å². The zero-order valence-electron chi connectivity index (χ0n) is 8.40. The summed E-state index contributed by atoms with van der Waals surface area (Å²) in [5, 5.41) is 0. The highest BCUT2D eigenvalue weighted by Gasteiger charge is 2.10. The zero-order chi connectivity index (χ0) is 11.4. The number of aromatic nitrogens is 1. The van der Waals surface area contributed by atoms with E-state index in [1.54, 1.807) is 0 Å². The van der Waals surface area contributed by atoms with Gasteiger partial charge < -0.3 is 4.57 Å². The second-order valence-corrected chi connectivity index (χ2v) is 2.89. The molecule has 2 N–H and O–H groups in total. The van der Waals surface area contributed by atoms with Crippen molar-refractivity contribution in [1.29, 1.82) is 0 Å². The second-order valence-electron chi connectivity index (χ2n) is 2.89. The van der Waals surface area contributed by atoms with Crippen molar-refractivity contribution in [3.8, 4) is 0 Å². The van der Waals surface area contributed by atoms with Gasteiger partial charge in [-0.25, -0.2) is 5.43 Å². The number of hydrazine groups is 1. The summed E-state index contributed by atoms with van der Waals surface area (Å²) in [5.41, 5.74) is 4.67. The minimum Gasteiger partial charge on any atom is -0.307 e. The largest absolute Gasteiger partial charge is 0.307 e. The van der Waals surface area contributed by atoms with Gasteiger partial charge >= 0.3 is 0 Å². The van der Waals surface area contributed by atoms with E-state index in [1.807, 2.05) is 0 Å². The molecule has 6 nitrogen and oxygen atoms in total. The molecule has 80 valence electrons. The average molecular weight is 209 g/mol. The lowest BCUT2D eigenvalue weighted by Crippen LogP contribution is -2.37. The van der Waals surface area contributed by atoms with Crippen molar-refractivity contribution in [3.63, 3.8) is 0 Å². The van der Waals surface area contributed by atoms with Crippen LogP contribution in [-0.4, -0.2) is 23.8 Å². The molecule has 0 bridgehead atoms. The number of aldehydes is 1. The molecule has 1 amide bonds. The molecule has 1 heterocycles. The number of carbonyl (C=O) groups excluding carboxylic acids is 2. The lowest BCUT2D eigenvalue weighted by atomic mass is 10.2. The molecule has 1 rings (SSSR count). The van der Waals surface area contributed by atoms with Crippen molar-refractivity contribution in [2.75, 3.05) is 7.05 Å². The van der Waals surface area contributed by atoms with Gasteiger partial charge in [0.1, 0.15) is 12.0 Å². The van der Waals surface area contributed by atoms with Gasteiger partial charge in [-0.3, -0.25) is 19.8 Å². The van der Waals surface area contributed by atoms with Crippen molar-refractivity contribution < 1.29 is 9.59 Å². The highest BCUT2D eigenvalue weighted by atomic mass is 16.2. The normalized spacial score (nSPS) is 9.73. The van der Waals surface area contributed by atoms with Crippen LogP contribution in [0.2, 0.25) is 0 Å². The Morgan fingerprint density at radius 3 is 2.67 bits per heavy atom. The van der Waals surface area contributed by atoms with Gasteiger partial charge in [0.25, 0.3) is 11.5 Å². The highest BCUT2D eigenvalue weighted by molar-refractivity contribution is 5.93. The van der Waals surface area contributed by atoms with E-state index in [9.17, 15) is 14.4 Å². The molecule has 0 aliphatic rings. The number of pyridine rings is 1. The third-order valence-corrected chi connectivity index (χ3v) is 1.89. The first-order valence-corrected chi connectivity index (χ1v) is 4.23. The smallest absolute Gasteiger partial charge is 0.282 e. The van der Waals surface area contributed by atoms with Crippen molar-refractivity contribution in [2.24, 2.45) is 7.05 Å². The Kier molecular flexibility index (Phi) is 3.35. The van der Waals surface area contributed by atoms with Gasteiger partial charge in [0, 0.05) is 25.7 Å². The van der Waals surface area contributed by atoms with Crippen LogP contribution in [0.3, 0.4) is 0 Å². The molecule has 0 aliphatic carbocycles. The Hall–Kier alpha value is -1.95. The Bertz CT molecular complexity index is 450. The van der Waals surface area contributed by atoms with E-state index in [0.29, 0.717) is 6.29 Å². The van der Waals surface area contributed by atoms with Crippen LogP contribution in [-0.2, 0) is 7.05 Å². The number of hydrogen-bond acceptors (Lipinski definition) is 4. The fourth-order valence-electron chi connectivity index (χ4n) is 1.12. The summed E-state index contributed by atoms with van der Waals surface area (Å²) in [6, 6.07) is 2.52. The number of rotatable bonds is 3. The number of carbonyl (C=O) groups is 2. The summed E-state index contributed by atoms with van der Waals surface area (Å²) in [6.07, 6.45) is 0.525. The topological polar surface area (TPSA) is 80.2 Å². The minimum absolute atomic E-state index is 0.124. The van der Waals surface area contributed by atoms with Crippen LogP contribution in [0.25, 0.3) is 0 Å². The molecule has 0 aromatic carbocycles. The molecule has 1 aromatic rings. The fraction of sp³-hybridized carbons (Fsp3) is 0.222. The van der Waals surface area contributed by atoms with Crippen molar-refractivity contribution in [2.45, 2.75) is 0 Å². The summed E-state index contributed by atoms with van der Waals surface area (Å²) in [4.78, 5) is 33.3. The molecule has 0 saturated carbocycles. The van der Waals surface area contributed by atoms with Crippen molar-refractivity contribution in [3.05, 3.63) is 33.7 Å². The Morgan fingerprint density at radius 1 is 1.47 bits per heavy atom. The predicted octanol–water partition coefficient (Wildman–Crippen LogP) is -0.938. The van der Waals surface area contributed by atoms with Gasteiger partial charge in [-0.2, -0.15) is 0 Å². The minimum atomic E-state index is -0.471. The van der Waals surface area contributed by atoms with E-state index in [2.05, 4.69) is 10.9 Å². The van der Waals surface area contributed by atoms with Crippen LogP contribution in [0.1, 0.15) is 20.8 Å². The molecule has 6 heteroatoms. The lowest BCUT2D eigenvalue weighted by molar-refractivity contribution is 0.0928.